The molecule has 0 bridgehead atoms. The second-order valence-electron chi connectivity index (χ2n) is 4.44. The van der Waals surface area contributed by atoms with Gasteiger partial charge in [0, 0.05) is 12.1 Å². The van der Waals surface area contributed by atoms with Gasteiger partial charge in [0.1, 0.15) is 5.82 Å². The molecule has 17 heavy (non-hydrogen) atoms. The number of hydrogen-bond donors (Lipinski definition) is 0. The maximum atomic E-state index is 11.6. The van der Waals surface area contributed by atoms with Gasteiger partial charge in [-0.2, -0.15) is 0 Å². The summed E-state index contributed by atoms with van der Waals surface area (Å²) in [5.41, 5.74) is 0.769. The molecule has 0 amide bonds. The van der Waals surface area contributed by atoms with Crippen molar-refractivity contribution in [1.82, 2.24) is 14.6 Å². The highest BCUT2D eigenvalue weighted by Crippen LogP contribution is 2.27. The standard InChI is InChI=1S/C11H13N3O2S/c15-17(16)7-3-4-9(8-17)11-13-12-10-5-1-2-6-14(10)11/h1-2,5-6,9H,3-4,7-8H2. The first kappa shape index (κ1) is 10.7. The molecule has 1 unspecified atom stereocenters. The van der Waals surface area contributed by atoms with Gasteiger partial charge in [0.05, 0.1) is 11.5 Å². The van der Waals surface area contributed by atoms with Crippen molar-refractivity contribution in [3.63, 3.8) is 0 Å². The normalized spacial score (nSPS) is 23.9. The Morgan fingerprint density at radius 1 is 1.29 bits per heavy atom. The van der Waals surface area contributed by atoms with E-state index in [-0.39, 0.29) is 11.7 Å². The van der Waals surface area contributed by atoms with Gasteiger partial charge in [0.15, 0.2) is 15.5 Å². The van der Waals surface area contributed by atoms with Crippen molar-refractivity contribution in [3.8, 4) is 0 Å². The molecule has 1 atom stereocenters. The van der Waals surface area contributed by atoms with Crippen molar-refractivity contribution in [2.45, 2.75) is 18.8 Å². The first-order valence-electron chi connectivity index (χ1n) is 5.66. The van der Waals surface area contributed by atoms with Crippen LogP contribution >= 0.6 is 0 Å². The molecule has 0 radical (unpaired) electrons. The molecule has 1 saturated heterocycles. The smallest absolute Gasteiger partial charge is 0.160 e. The number of pyridine rings is 1. The molecule has 0 N–H and O–H groups in total. The van der Waals surface area contributed by atoms with E-state index >= 15 is 0 Å². The van der Waals surface area contributed by atoms with Gasteiger partial charge >= 0.3 is 0 Å². The monoisotopic (exact) mass is 251 g/mol. The van der Waals surface area contributed by atoms with Gasteiger partial charge in [-0.25, -0.2) is 8.42 Å². The summed E-state index contributed by atoms with van der Waals surface area (Å²) in [7, 11) is -2.91. The fraction of sp³-hybridized carbons (Fsp3) is 0.455. The van der Waals surface area contributed by atoms with Gasteiger partial charge in [0.25, 0.3) is 0 Å². The van der Waals surface area contributed by atoms with E-state index in [1.807, 2.05) is 28.8 Å². The molecular weight excluding hydrogens is 238 g/mol. The molecule has 3 heterocycles. The molecule has 1 fully saturated rings. The van der Waals surface area contributed by atoms with E-state index in [2.05, 4.69) is 10.2 Å². The Labute approximate surface area is 99.4 Å². The van der Waals surface area contributed by atoms with Crippen LogP contribution in [0.4, 0.5) is 0 Å². The maximum absolute atomic E-state index is 11.6. The average Bonchev–Trinajstić information content (AvgIpc) is 2.71. The molecule has 5 nitrogen and oxygen atoms in total. The van der Waals surface area contributed by atoms with E-state index in [9.17, 15) is 8.42 Å². The summed E-state index contributed by atoms with van der Waals surface area (Å²) in [4.78, 5) is 0. The zero-order valence-corrected chi connectivity index (χ0v) is 10.1. The Morgan fingerprint density at radius 2 is 2.18 bits per heavy atom. The predicted octanol–water partition coefficient (Wildman–Crippen LogP) is 1.02. The molecule has 2 aromatic rings. The summed E-state index contributed by atoms with van der Waals surface area (Å²) < 4.78 is 25.2. The number of hydrogen-bond acceptors (Lipinski definition) is 4. The summed E-state index contributed by atoms with van der Waals surface area (Å²) in [5.74, 6) is 1.25. The predicted molar refractivity (Wildman–Crippen MR) is 63.6 cm³/mol. The summed E-state index contributed by atoms with van der Waals surface area (Å²) in [5, 5.41) is 8.19. The van der Waals surface area contributed by atoms with Crippen LogP contribution in [0.2, 0.25) is 0 Å². The molecule has 3 rings (SSSR count). The molecule has 2 aromatic heterocycles. The van der Waals surface area contributed by atoms with Gasteiger partial charge < -0.3 is 0 Å². The second kappa shape index (κ2) is 3.80. The van der Waals surface area contributed by atoms with Crippen molar-refractivity contribution in [1.29, 1.82) is 0 Å². The number of aromatic nitrogens is 3. The number of nitrogens with zero attached hydrogens (tertiary/aromatic N) is 3. The number of rotatable bonds is 1. The van der Waals surface area contributed by atoms with Gasteiger partial charge in [-0.1, -0.05) is 6.07 Å². The van der Waals surface area contributed by atoms with Crippen molar-refractivity contribution < 1.29 is 8.42 Å². The summed E-state index contributed by atoms with van der Waals surface area (Å²) in [6.07, 6.45) is 3.47. The van der Waals surface area contributed by atoms with Crippen LogP contribution in [-0.2, 0) is 9.84 Å². The Morgan fingerprint density at radius 3 is 3.00 bits per heavy atom. The van der Waals surface area contributed by atoms with E-state index in [0.29, 0.717) is 5.75 Å². The van der Waals surface area contributed by atoms with Gasteiger partial charge in [0.2, 0.25) is 0 Å². The van der Waals surface area contributed by atoms with E-state index in [0.717, 1.165) is 24.3 Å². The zero-order chi connectivity index (χ0) is 11.9. The van der Waals surface area contributed by atoms with Crippen LogP contribution in [0.25, 0.3) is 5.65 Å². The molecule has 1 aliphatic rings. The van der Waals surface area contributed by atoms with E-state index in [1.165, 1.54) is 0 Å². The lowest BCUT2D eigenvalue weighted by Crippen LogP contribution is -2.25. The topological polar surface area (TPSA) is 64.3 Å². The second-order valence-corrected chi connectivity index (χ2v) is 6.67. The fourth-order valence-corrected chi connectivity index (χ4v) is 4.07. The van der Waals surface area contributed by atoms with Crippen molar-refractivity contribution in [2.75, 3.05) is 11.5 Å². The highest BCUT2D eigenvalue weighted by atomic mass is 32.2. The quantitative estimate of drug-likeness (QED) is 0.759. The van der Waals surface area contributed by atoms with Crippen LogP contribution in [0.5, 0.6) is 0 Å². The Balaban J connectivity index is 2.04. The fourth-order valence-electron chi connectivity index (χ4n) is 2.36. The largest absolute Gasteiger partial charge is 0.286 e. The molecule has 6 heteroatoms. The van der Waals surface area contributed by atoms with Crippen LogP contribution in [-0.4, -0.2) is 34.5 Å². The van der Waals surface area contributed by atoms with Crippen molar-refractivity contribution in [3.05, 3.63) is 30.2 Å². The highest BCUT2D eigenvalue weighted by Gasteiger charge is 2.28. The Hall–Kier alpha value is -1.43. The lowest BCUT2D eigenvalue weighted by molar-refractivity contribution is 0.541. The van der Waals surface area contributed by atoms with Crippen LogP contribution in [0.15, 0.2) is 24.4 Å². The minimum Gasteiger partial charge on any atom is -0.286 e. The third kappa shape index (κ3) is 1.93. The lowest BCUT2D eigenvalue weighted by Gasteiger charge is -2.20. The van der Waals surface area contributed by atoms with Crippen LogP contribution in [0.1, 0.15) is 24.6 Å². The molecule has 0 spiro atoms. The highest BCUT2D eigenvalue weighted by molar-refractivity contribution is 7.91. The van der Waals surface area contributed by atoms with Gasteiger partial charge in [-0.3, -0.25) is 4.40 Å². The van der Waals surface area contributed by atoms with Gasteiger partial charge in [-0.15, -0.1) is 10.2 Å². The van der Waals surface area contributed by atoms with E-state index < -0.39 is 9.84 Å². The maximum Gasteiger partial charge on any atom is 0.160 e. The summed E-state index contributed by atoms with van der Waals surface area (Å²) >= 11 is 0. The minimum absolute atomic E-state index is 0.0221. The van der Waals surface area contributed by atoms with Crippen LogP contribution in [0, 0.1) is 0 Å². The van der Waals surface area contributed by atoms with E-state index in [4.69, 9.17) is 0 Å². The molecule has 0 saturated carbocycles. The van der Waals surface area contributed by atoms with Crippen molar-refractivity contribution in [2.24, 2.45) is 0 Å². The molecule has 1 aliphatic heterocycles. The first-order valence-corrected chi connectivity index (χ1v) is 7.48. The third-order valence-corrected chi connectivity index (χ3v) is 4.99. The Bertz CT molecular complexity index is 648. The average molecular weight is 251 g/mol. The zero-order valence-electron chi connectivity index (χ0n) is 9.28. The molecule has 0 aromatic carbocycles. The van der Waals surface area contributed by atoms with Gasteiger partial charge in [-0.05, 0) is 25.0 Å². The number of fused-ring (bicyclic) bond motifs is 1. The molecular formula is C11H13N3O2S. The molecule has 0 aliphatic carbocycles. The van der Waals surface area contributed by atoms with Crippen LogP contribution in [0.3, 0.4) is 0 Å². The summed E-state index contributed by atoms with van der Waals surface area (Å²) in [6, 6.07) is 5.66. The van der Waals surface area contributed by atoms with E-state index in [1.54, 1.807) is 0 Å². The number of sulfone groups is 1. The SMILES string of the molecule is O=S1(=O)CCCC(c2nnc3ccccn23)C1. The first-order chi connectivity index (χ1) is 8.16. The minimum atomic E-state index is -2.91. The third-order valence-electron chi connectivity index (χ3n) is 3.17. The molecule has 90 valence electrons. The summed E-state index contributed by atoms with van der Waals surface area (Å²) in [6.45, 7) is 0. The Kier molecular flexibility index (Phi) is 2.39. The van der Waals surface area contributed by atoms with Crippen molar-refractivity contribution >= 4 is 15.5 Å². The lowest BCUT2D eigenvalue weighted by atomic mass is 10.1. The van der Waals surface area contributed by atoms with Crippen LogP contribution < -0.4 is 0 Å².